The third-order valence-electron chi connectivity index (χ3n) is 3.95. The van der Waals surface area contributed by atoms with Crippen LogP contribution in [-0.4, -0.2) is 24.7 Å². The Morgan fingerprint density at radius 1 is 1.10 bits per heavy atom. The van der Waals surface area contributed by atoms with E-state index in [-0.39, 0.29) is 0 Å². The van der Waals surface area contributed by atoms with Gasteiger partial charge in [-0.2, -0.15) is 0 Å². The predicted molar refractivity (Wildman–Crippen MR) is 76.5 cm³/mol. The van der Waals surface area contributed by atoms with Gasteiger partial charge in [0.25, 0.3) is 0 Å². The molecule has 1 aliphatic rings. The maximum absolute atomic E-state index is 4.62. The normalized spacial score (nSPS) is 15.2. The van der Waals surface area contributed by atoms with Crippen LogP contribution in [0.3, 0.4) is 0 Å². The summed E-state index contributed by atoms with van der Waals surface area (Å²) in [6.07, 6.45) is 5.50. The molecule has 1 aliphatic heterocycles. The van der Waals surface area contributed by atoms with E-state index in [4.69, 9.17) is 0 Å². The first-order chi connectivity index (χ1) is 9.90. The van der Waals surface area contributed by atoms with Crippen molar-refractivity contribution in [1.82, 2.24) is 24.7 Å². The number of aromatic amines is 1. The summed E-state index contributed by atoms with van der Waals surface area (Å²) in [5.74, 6) is 3.13. The van der Waals surface area contributed by atoms with Crippen LogP contribution >= 0.6 is 0 Å². The summed E-state index contributed by atoms with van der Waals surface area (Å²) in [6, 6.07) is 8.11. The highest BCUT2D eigenvalue weighted by Gasteiger charge is 2.16. The van der Waals surface area contributed by atoms with Crippen molar-refractivity contribution < 1.29 is 0 Å². The molecular formula is C15H17N5. The molecule has 0 saturated carbocycles. The van der Waals surface area contributed by atoms with Gasteiger partial charge in [-0.05, 0) is 25.0 Å². The van der Waals surface area contributed by atoms with Crippen LogP contribution in [-0.2, 0) is 19.4 Å². The molecule has 4 rings (SSSR count). The fourth-order valence-electron chi connectivity index (χ4n) is 2.92. The van der Waals surface area contributed by atoms with Crippen molar-refractivity contribution in [3.8, 4) is 0 Å². The summed E-state index contributed by atoms with van der Waals surface area (Å²) in [6.45, 7) is 1.04. The Balaban J connectivity index is 1.67. The fourth-order valence-corrected chi connectivity index (χ4v) is 2.92. The molecular weight excluding hydrogens is 250 g/mol. The van der Waals surface area contributed by atoms with Crippen LogP contribution in [0.1, 0.15) is 36.7 Å². The van der Waals surface area contributed by atoms with E-state index in [1.165, 1.54) is 19.3 Å². The van der Waals surface area contributed by atoms with E-state index in [2.05, 4.69) is 30.8 Å². The van der Waals surface area contributed by atoms with E-state index in [0.717, 1.165) is 47.9 Å². The lowest BCUT2D eigenvalue weighted by atomic mass is 10.2. The van der Waals surface area contributed by atoms with Crippen molar-refractivity contribution in [2.75, 3.05) is 0 Å². The van der Waals surface area contributed by atoms with Gasteiger partial charge in [0, 0.05) is 13.0 Å². The van der Waals surface area contributed by atoms with Crippen LogP contribution in [0.5, 0.6) is 0 Å². The highest BCUT2D eigenvalue weighted by Crippen LogP contribution is 2.17. The molecule has 2 aromatic heterocycles. The first-order valence-corrected chi connectivity index (χ1v) is 7.25. The molecule has 20 heavy (non-hydrogen) atoms. The summed E-state index contributed by atoms with van der Waals surface area (Å²) in [5.41, 5.74) is 2.09. The van der Waals surface area contributed by atoms with Crippen LogP contribution in [0.15, 0.2) is 24.3 Å². The van der Waals surface area contributed by atoms with E-state index >= 15 is 0 Å². The van der Waals surface area contributed by atoms with Crippen molar-refractivity contribution >= 4 is 11.0 Å². The minimum absolute atomic E-state index is 0.724. The predicted octanol–water partition coefficient (Wildman–Crippen LogP) is 2.47. The van der Waals surface area contributed by atoms with Gasteiger partial charge in [0.05, 0.1) is 17.5 Å². The summed E-state index contributed by atoms with van der Waals surface area (Å²) in [5, 5.41) is 8.70. The van der Waals surface area contributed by atoms with Gasteiger partial charge < -0.3 is 9.55 Å². The van der Waals surface area contributed by atoms with Crippen molar-refractivity contribution in [2.45, 2.75) is 38.6 Å². The molecule has 0 radical (unpaired) electrons. The lowest BCUT2D eigenvalue weighted by Gasteiger charge is -2.05. The number of nitrogens with zero attached hydrogens (tertiary/aromatic N) is 4. The molecule has 1 aromatic carbocycles. The van der Waals surface area contributed by atoms with Gasteiger partial charge in [0.2, 0.25) is 0 Å². The second kappa shape index (κ2) is 4.74. The summed E-state index contributed by atoms with van der Waals surface area (Å²) in [4.78, 5) is 7.99. The van der Waals surface area contributed by atoms with E-state index in [9.17, 15) is 0 Å². The van der Waals surface area contributed by atoms with Gasteiger partial charge in [-0.1, -0.05) is 18.6 Å². The maximum Gasteiger partial charge on any atom is 0.140 e. The summed E-state index contributed by atoms with van der Waals surface area (Å²) >= 11 is 0. The molecule has 0 spiro atoms. The average Bonchev–Trinajstić information content (AvgIpc) is 2.95. The second-order valence-electron chi connectivity index (χ2n) is 5.37. The van der Waals surface area contributed by atoms with Crippen molar-refractivity contribution in [3.05, 3.63) is 41.7 Å². The number of hydrogen-bond donors (Lipinski definition) is 1. The highest BCUT2D eigenvalue weighted by atomic mass is 15.3. The molecule has 5 nitrogen and oxygen atoms in total. The lowest BCUT2D eigenvalue weighted by molar-refractivity contribution is 0.609. The van der Waals surface area contributed by atoms with Crippen LogP contribution in [0.2, 0.25) is 0 Å². The monoisotopic (exact) mass is 267 g/mol. The molecule has 0 aliphatic carbocycles. The van der Waals surface area contributed by atoms with E-state index < -0.39 is 0 Å². The molecule has 0 atom stereocenters. The molecule has 0 unspecified atom stereocenters. The average molecular weight is 267 g/mol. The number of benzene rings is 1. The zero-order chi connectivity index (χ0) is 13.4. The van der Waals surface area contributed by atoms with Crippen molar-refractivity contribution in [3.63, 3.8) is 0 Å². The Kier molecular flexibility index (Phi) is 2.76. The first kappa shape index (κ1) is 11.6. The molecule has 0 fully saturated rings. The molecule has 102 valence electrons. The van der Waals surface area contributed by atoms with Crippen LogP contribution in [0.4, 0.5) is 0 Å². The zero-order valence-electron chi connectivity index (χ0n) is 11.3. The number of rotatable bonds is 2. The Bertz CT molecular complexity index is 707. The van der Waals surface area contributed by atoms with E-state index in [1.54, 1.807) is 0 Å². The Morgan fingerprint density at radius 3 is 3.00 bits per heavy atom. The minimum Gasteiger partial charge on any atom is -0.342 e. The topological polar surface area (TPSA) is 59.4 Å². The van der Waals surface area contributed by atoms with Crippen LogP contribution < -0.4 is 0 Å². The SMILES string of the molecule is c1ccc2[nH]c(Cc3nnc4n3CCCCC4)nc2c1. The van der Waals surface area contributed by atoms with Crippen molar-refractivity contribution in [1.29, 1.82) is 0 Å². The smallest absolute Gasteiger partial charge is 0.140 e. The van der Waals surface area contributed by atoms with Crippen LogP contribution in [0.25, 0.3) is 11.0 Å². The number of para-hydroxylation sites is 2. The van der Waals surface area contributed by atoms with Gasteiger partial charge in [-0.3, -0.25) is 0 Å². The molecule has 1 N–H and O–H groups in total. The molecule has 0 bridgehead atoms. The Labute approximate surface area is 117 Å². The molecule has 5 heteroatoms. The third-order valence-corrected chi connectivity index (χ3v) is 3.95. The number of fused-ring (bicyclic) bond motifs is 2. The number of H-pyrrole nitrogens is 1. The standard InChI is InChI=1S/C15H17N5/c1-2-8-14-18-19-15(20(14)9-5-1)10-13-16-11-6-3-4-7-12(11)17-13/h3-4,6-7H,1-2,5,8-10H2,(H,16,17). The minimum atomic E-state index is 0.724. The number of aromatic nitrogens is 5. The Hall–Kier alpha value is -2.17. The number of imidazole rings is 1. The quantitative estimate of drug-likeness (QED) is 0.776. The lowest BCUT2D eigenvalue weighted by Crippen LogP contribution is -2.07. The number of aryl methyl sites for hydroxylation is 1. The van der Waals surface area contributed by atoms with Gasteiger partial charge in [0.15, 0.2) is 0 Å². The molecule has 0 amide bonds. The highest BCUT2D eigenvalue weighted by molar-refractivity contribution is 5.74. The van der Waals surface area contributed by atoms with E-state index in [0.29, 0.717) is 0 Å². The summed E-state index contributed by atoms with van der Waals surface area (Å²) < 4.78 is 2.28. The van der Waals surface area contributed by atoms with E-state index in [1.807, 2.05) is 18.2 Å². The number of nitrogens with one attached hydrogen (secondary N) is 1. The second-order valence-corrected chi connectivity index (χ2v) is 5.37. The van der Waals surface area contributed by atoms with Crippen LogP contribution in [0, 0.1) is 0 Å². The number of hydrogen-bond acceptors (Lipinski definition) is 3. The largest absolute Gasteiger partial charge is 0.342 e. The zero-order valence-corrected chi connectivity index (χ0v) is 11.3. The fraction of sp³-hybridized carbons (Fsp3) is 0.400. The summed E-state index contributed by atoms with van der Waals surface area (Å²) in [7, 11) is 0. The molecule has 3 aromatic rings. The maximum atomic E-state index is 4.62. The van der Waals surface area contributed by atoms with Gasteiger partial charge >= 0.3 is 0 Å². The van der Waals surface area contributed by atoms with Crippen molar-refractivity contribution in [2.24, 2.45) is 0 Å². The molecule has 0 saturated heterocycles. The Morgan fingerprint density at radius 2 is 2.05 bits per heavy atom. The third kappa shape index (κ3) is 1.99. The van der Waals surface area contributed by atoms with Gasteiger partial charge in [-0.25, -0.2) is 4.98 Å². The first-order valence-electron chi connectivity index (χ1n) is 7.25. The van der Waals surface area contributed by atoms with Gasteiger partial charge in [0.1, 0.15) is 17.5 Å². The van der Waals surface area contributed by atoms with Gasteiger partial charge in [-0.15, -0.1) is 10.2 Å². The molecule has 3 heterocycles.